The number of aromatic nitrogens is 1. The molecule has 0 radical (unpaired) electrons. The lowest BCUT2D eigenvalue weighted by Gasteiger charge is -2.06. The van der Waals surface area contributed by atoms with Gasteiger partial charge in [0.2, 0.25) is 0 Å². The van der Waals surface area contributed by atoms with E-state index in [2.05, 4.69) is 9.72 Å². The Morgan fingerprint density at radius 2 is 2.07 bits per heavy atom. The molecule has 0 unspecified atom stereocenters. The van der Waals surface area contributed by atoms with E-state index >= 15 is 0 Å². The molecule has 0 aliphatic rings. The standard InChI is InChI=1S/C8H5F4NO2/c1-15-7(14)6-5(9)2-4(3-13-6)8(10,11)12/h2-3H,1H3. The van der Waals surface area contributed by atoms with Crippen LogP contribution in [0.1, 0.15) is 16.1 Å². The van der Waals surface area contributed by atoms with E-state index in [4.69, 9.17) is 0 Å². The fourth-order valence-corrected chi connectivity index (χ4v) is 0.840. The van der Waals surface area contributed by atoms with Crippen LogP contribution in [0.3, 0.4) is 0 Å². The van der Waals surface area contributed by atoms with Gasteiger partial charge in [0, 0.05) is 6.20 Å². The molecule has 0 saturated heterocycles. The minimum absolute atomic E-state index is 0.194. The number of halogens is 4. The van der Waals surface area contributed by atoms with Crippen molar-refractivity contribution < 1.29 is 27.1 Å². The molecule has 15 heavy (non-hydrogen) atoms. The molecule has 3 nitrogen and oxygen atoms in total. The Bertz CT molecular complexity index is 389. The smallest absolute Gasteiger partial charge is 0.417 e. The van der Waals surface area contributed by atoms with Gasteiger partial charge < -0.3 is 4.74 Å². The average molecular weight is 223 g/mol. The molecule has 0 atom stereocenters. The molecule has 0 saturated carbocycles. The van der Waals surface area contributed by atoms with Crippen molar-refractivity contribution in [1.82, 2.24) is 4.98 Å². The van der Waals surface area contributed by atoms with Gasteiger partial charge in [-0.15, -0.1) is 0 Å². The summed E-state index contributed by atoms with van der Waals surface area (Å²) in [5.41, 5.74) is -2.03. The number of carbonyl (C=O) groups excluding carboxylic acids is 1. The van der Waals surface area contributed by atoms with Crippen molar-refractivity contribution in [3.05, 3.63) is 29.3 Å². The summed E-state index contributed by atoms with van der Waals surface area (Å²) in [7, 11) is 0.973. The van der Waals surface area contributed by atoms with Crippen molar-refractivity contribution in [2.45, 2.75) is 6.18 Å². The van der Waals surface area contributed by atoms with Crippen LogP contribution in [-0.4, -0.2) is 18.1 Å². The number of pyridine rings is 1. The number of ether oxygens (including phenoxy) is 1. The van der Waals surface area contributed by atoms with Crippen LogP contribution < -0.4 is 0 Å². The lowest BCUT2D eigenvalue weighted by atomic mass is 10.2. The van der Waals surface area contributed by atoms with Crippen LogP contribution in [0.2, 0.25) is 0 Å². The van der Waals surface area contributed by atoms with Crippen LogP contribution in [0.4, 0.5) is 17.6 Å². The number of hydrogen-bond donors (Lipinski definition) is 0. The molecular weight excluding hydrogens is 218 g/mol. The van der Waals surface area contributed by atoms with Crippen molar-refractivity contribution in [2.24, 2.45) is 0 Å². The van der Waals surface area contributed by atoms with E-state index < -0.39 is 29.2 Å². The molecule has 0 bridgehead atoms. The number of esters is 1. The molecule has 0 aliphatic heterocycles. The number of carbonyl (C=O) groups is 1. The molecule has 1 aromatic rings. The Morgan fingerprint density at radius 1 is 1.47 bits per heavy atom. The summed E-state index contributed by atoms with van der Waals surface area (Å²) in [5, 5.41) is 0. The zero-order valence-electron chi connectivity index (χ0n) is 7.43. The van der Waals surface area contributed by atoms with Gasteiger partial charge in [0.1, 0.15) is 0 Å². The second-order valence-corrected chi connectivity index (χ2v) is 2.54. The molecule has 0 amide bonds. The fourth-order valence-electron chi connectivity index (χ4n) is 0.840. The second-order valence-electron chi connectivity index (χ2n) is 2.54. The number of nitrogens with zero attached hydrogens (tertiary/aromatic N) is 1. The quantitative estimate of drug-likeness (QED) is 0.540. The monoisotopic (exact) mass is 223 g/mol. The number of methoxy groups -OCH3 is 1. The predicted octanol–water partition coefficient (Wildman–Crippen LogP) is 2.03. The van der Waals surface area contributed by atoms with Crippen molar-refractivity contribution in [3.63, 3.8) is 0 Å². The lowest BCUT2D eigenvalue weighted by molar-refractivity contribution is -0.138. The van der Waals surface area contributed by atoms with Crippen LogP contribution in [-0.2, 0) is 10.9 Å². The largest absolute Gasteiger partial charge is 0.464 e. The molecular formula is C8H5F4NO2. The summed E-state index contributed by atoms with van der Waals surface area (Å²) in [6, 6.07) is 0.194. The van der Waals surface area contributed by atoms with Crippen LogP contribution in [0.5, 0.6) is 0 Å². The molecule has 1 aromatic heterocycles. The maximum absolute atomic E-state index is 13.0. The van der Waals surface area contributed by atoms with Crippen molar-refractivity contribution >= 4 is 5.97 Å². The first-order chi connectivity index (χ1) is 6.86. The zero-order valence-corrected chi connectivity index (χ0v) is 7.43. The van der Waals surface area contributed by atoms with Crippen molar-refractivity contribution in [2.75, 3.05) is 7.11 Å². The summed E-state index contributed by atoms with van der Waals surface area (Å²) in [6.07, 6.45) is -4.32. The fraction of sp³-hybridized carbons (Fsp3) is 0.250. The molecule has 82 valence electrons. The topological polar surface area (TPSA) is 39.2 Å². The lowest BCUT2D eigenvalue weighted by Crippen LogP contribution is -2.12. The first kappa shape index (κ1) is 11.4. The Labute approximate surface area is 81.7 Å². The minimum Gasteiger partial charge on any atom is -0.464 e. The summed E-state index contributed by atoms with van der Waals surface area (Å²) < 4.78 is 53.3. The van der Waals surface area contributed by atoms with E-state index in [-0.39, 0.29) is 6.07 Å². The van der Waals surface area contributed by atoms with Gasteiger partial charge in [0.05, 0.1) is 12.7 Å². The number of hydrogen-bond acceptors (Lipinski definition) is 3. The van der Waals surface area contributed by atoms with Gasteiger partial charge >= 0.3 is 12.1 Å². The molecule has 0 aliphatic carbocycles. The zero-order chi connectivity index (χ0) is 11.6. The molecule has 0 fully saturated rings. The molecule has 0 aromatic carbocycles. The van der Waals surface area contributed by atoms with E-state index in [1.165, 1.54) is 0 Å². The highest BCUT2D eigenvalue weighted by atomic mass is 19.4. The Hall–Kier alpha value is -1.66. The van der Waals surface area contributed by atoms with E-state index in [0.717, 1.165) is 7.11 Å². The van der Waals surface area contributed by atoms with Crippen molar-refractivity contribution in [3.8, 4) is 0 Å². The van der Waals surface area contributed by atoms with Crippen LogP contribution in [0, 0.1) is 5.82 Å². The first-order valence-corrected chi connectivity index (χ1v) is 3.67. The van der Waals surface area contributed by atoms with Gasteiger partial charge in [-0.2, -0.15) is 13.2 Å². The van der Waals surface area contributed by atoms with Gasteiger partial charge in [-0.25, -0.2) is 14.2 Å². The van der Waals surface area contributed by atoms with Gasteiger partial charge in [-0.3, -0.25) is 0 Å². The summed E-state index contributed by atoms with van der Waals surface area (Å²) in [5.74, 6) is -2.49. The minimum atomic E-state index is -4.69. The maximum Gasteiger partial charge on any atom is 0.417 e. The third-order valence-electron chi connectivity index (χ3n) is 1.55. The Morgan fingerprint density at radius 3 is 2.47 bits per heavy atom. The molecule has 1 heterocycles. The summed E-state index contributed by atoms with van der Waals surface area (Å²) in [4.78, 5) is 13.8. The molecule has 0 N–H and O–H groups in total. The van der Waals surface area contributed by atoms with Crippen LogP contribution >= 0.6 is 0 Å². The highest BCUT2D eigenvalue weighted by Crippen LogP contribution is 2.29. The highest BCUT2D eigenvalue weighted by molar-refractivity contribution is 5.87. The molecule has 1 rings (SSSR count). The van der Waals surface area contributed by atoms with Crippen molar-refractivity contribution in [1.29, 1.82) is 0 Å². The van der Waals surface area contributed by atoms with E-state index in [1.807, 2.05) is 0 Å². The van der Waals surface area contributed by atoms with E-state index in [1.54, 1.807) is 0 Å². The number of alkyl halides is 3. The third-order valence-corrected chi connectivity index (χ3v) is 1.55. The van der Waals surface area contributed by atoms with E-state index in [0.29, 0.717) is 6.20 Å². The van der Waals surface area contributed by atoms with Gasteiger partial charge in [-0.1, -0.05) is 0 Å². The van der Waals surface area contributed by atoms with Crippen LogP contribution in [0.25, 0.3) is 0 Å². The normalized spacial score (nSPS) is 11.3. The Kier molecular flexibility index (Phi) is 2.92. The summed E-state index contributed by atoms with van der Waals surface area (Å²) >= 11 is 0. The SMILES string of the molecule is COC(=O)c1ncc(C(F)(F)F)cc1F. The van der Waals surface area contributed by atoms with E-state index in [9.17, 15) is 22.4 Å². The predicted molar refractivity (Wildman–Crippen MR) is 40.5 cm³/mol. The Balaban J connectivity index is 3.15. The second kappa shape index (κ2) is 3.84. The summed E-state index contributed by atoms with van der Waals surface area (Å²) in [6.45, 7) is 0. The first-order valence-electron chi connectivity index (χ1n) is 3.67. The number of rotatable bonds is 1. The average Bonchev–Trinajstić information content (AvgIpc) is 2.15. The molecule has 0 spiro atoms. The third kappa shape index (κ3) is 2.42. The van der Waals surface area contributed by atoms with Crippen LogP contribution in [0.15, 0.2) is 12.3 Å². The van der Waals surface area contributed by atoms with Gasteiger partial charge in [0.25, 0.3) is 0 Å². The highest BCUT2D eigenvalue weighted by Gasteiger charge is 2.32. The maximum atomic E-state index is 13.0. The van der Waals surface area contributed by atoms with Gasteiger partial charge in [-0.05, 0) is 6.07 Å². The molecule has 7 heteroatoms. The van der Waals surface area contributed by atoms with Gasteiger partial charge in [0.15, 0.2) is 11.5 Å².